The Morgan fingerprint density at radius 2 is 2.08 bits per heavy atom. The van der Waals surface area contributed by atoms with E-state index in [0.29, 0.717) is 18.1 Å². The fourth-order valence-corrected chi connectivity index (χ4v) is 2.20. The van der Waals surface area contributed by atoms with Crippen LogP contribution in [-0.2, 0) is 9.47 Å². The van der Waals surface area contributed by atoms with Gasteiger partial charge in [0.1, 0.15) is 0 Å². The van der Waals surface area contributed by atoms with Gasteiger partial charge in [0.05, 0.1) is 12.7 Å². The van der Waals surface area contributed by atoms with E-state index in [2.05, 4.69) is 0 Å². The number of rotatable bonds is 1. The Morgan fingerprint density at radius 3 is 2.67 bits per heavy atom. The summed E-state index contributed by atoms with van der Waals surface area (Å²) in [5.74, 6) is 0. The van der Waals surface area contributed by atoms with E-state index < -0.39 is 0 Å². The SMILES string of the molecule is NC[C@H]1CC2(CCOCC2)CO1. The van der Waals surface area contributed by atoms with E-state index in [9.17, 15) is 0 Å². The molecule has 70 valence electrons. The first-order chi connectivity index (χ1) is 5.85. The first kappa shape index (κ1) is 8.48. The summed E-state index contributed by atoms with van der Waals surface area (Å²) >= 11 is 0. The van der Waals surface area contributed by atoms with Crippen molar-refractivity contribution >= 4 is 0 Å². The first-order valence-corrected chi connectivity index (χ1v) is 4.74. The molecule has 2 aliphatic heterocycles. The van der Waals surface area contributed by atoms with Crippen molar-refractivity contribution < 1.29 is 9.47 Å². The van der Waals surface area contributed by atoms with E-state index in [0.717, 1.165) is 39.1 Å². The summed E-state index contributed by atoms with van der Waals surface area (Å²) in [5, 5.41) is 0. The standard InChI is InChI=1S/C9H17NO2/c10-6-8-5-9(7-12-8)1-3-11-4-2-9/h8H,1-7,10H2/t8-/m1/s1. The van der Waals surface area contributed by atoms with Crippen molar-refractivity contribution in [1.29, 1.82) is 0 Å². The molecule has 2 fully saturated rings. The first-order valence-electron chi connectivity index (χ1n) is 4.74. The highest BCUT2D eigenvalue weighted by molar-refractivity contribution is 4.89. The van der Waals surface area contributed by atoms with Crippen LogP contribution in [0.2, 0.25) is 0 Å². The van der Waals surface area contributed by atoms with Gasteiger partial charge in [-0.25, -0.2) is 0 Å². The molecule has 2 rings (SSSR count). The third-order valence-corrected chi connectivity index (χ3v) is 3.10. The molecule has 0 bridgehead atoms. The molecule has 12 heavy (non-hydrogen) atoms. The van der Waals surface area contributed by atoms with Gasteiger partial charge in [-0.15, -0.1) is 0 Å². The van der Waals surface area contributed by atoms with Crippen LogP contribution in [0.4, 0.5) is 0 Å². The minimum atomic E-state index is 0.308. The molecule has 2 aliphatic rings. The van der Waals surface area contributed by atoms with Crippen LogP contribution in [0.25, 0.3) is 0 Å². The zero-order chi connectivity index (χ0) is 8.44. The summed E-state index contributed by atoms with van der Waals surface area (Å²) in [5.41, 5.74) is 5.99. The Morgan fingerprint density at radius 1 is 1.33 bits per heavy atom. The highest BCUT2D eigenvalue weighted by atomic mass is 16.5. The molecule has 2 saturated heterocycles. The van der Waals surface area contributed by atoms with E-state index in [1.165, 1.54) is 0 Å². The Bertz CT molecular complexity index is 155. The third kappa shape index (κ3) is 1.49. The Balaban J connectivity index is 1.94. The Kier molecular flexibility index (Phi) is 2.35. The highest BCUT2D eigenvalue weighted by Gasteiger charge is 2.40. The van der Waals surface area contributed by atoms with Crippen molar-refractivity contribution in [3.63, 3.8) is 0 Å². The van der Waals surface area contributed by atoms with Crippen LogP contribution in [0.3, 0.4) is 0 Å². The molecular formula is C9H17NO2. The minimum absolute atomic E-state index is 0.308. The number of nitrogens with two attached hydrogens (primary N) is 1. The van der Waals surface area contributed by atoms with Gasteiger partial charge in [0.2, 0.25) is 0 Å². The average molecular weight is 171 g/mol. The summed E-state index contributed by atoms with van der Waals surface area (Å²) in [6.07, 6.45) is 3.77. The van der Waals surface area contributed by atoms with E-state index in [-0.39, 0.29) is 0 Å². The van der Waals surface area contributed by atoms with Crippen molar-refractivity contribution in [3.8, 4) is 0 Å². The maximum atomic E-state index is 5.61. The molecule has 0 aromatic heterocycles. The van der Waals surface area contributed by atoms with Crippen molar-refractivity contribution in [2.45, 2.75) is 25.4 Å². The van der Waals surface area contributed by atoms with Crippen molar-refractivity contribution in [2.75, 3.05) is 26.4 Å². The maximum Gasteiger partial charge on any atom is 0.0703 e. The number of hydrogen-bond acceptors (Lipinski definition) is 3. The van der Waals surface area contributed by atoms with Gasteiger partial charge < -0.3 is 15.2 Å². The fraction of sp³-hybridized carbons (Fsp3) is 1.00. The Labute approximate surface area is 73.2 Å². The molecule has 3 heteroatoms. The molecule has 0 amide bonds. The Hall–Kier alpha value is -0.120. The third-order valence-electron chi connectivity index (χ3n) is 3.10. The number of ether oxygens (including phenoxy) is 2. The van der Waals surface area contributed by atoms with Crippen LogP contribution in [-0.4, -0.2) is 32.5 Å². The van der Waals surface area contributed by atoms with Gasteiger partial charge in [-0.05, 0) is 19.3 Å². The lowest BCUT2D eigenvalue weighted by Crippen LogP contribution is -2.30. The molecular weight excluding hydrogens is 154 g/mol. The predicted octanol–water partition coefficient (Wildman–Crippen LogP) is 0.531. The van der Waals surface area contributed by atoms with Gasteiger partial charge >= 0.3 is 0 Å². The zero-order valence-electron chi connectivity index (χ0n) is 7.42. The topological polar surface area (TPSA) is 44.5 Å². The number of hydrogen-bond donors (Lipinski definition) is 1. The van der Waals surface area contributed by atoms with Crippen LogP contribution < -0.4 is 5.73 Å². The largest absolute Gasteiger partial charge is 0.381 e. The summed E-state index contributed by atoms with van der Waals surface area (Å²) in [6.45, 7) is 3.38. The average Bonchev–Trinajstić information content (AvgIpc) is 2.50. The lowest BCUT2D eigenvalue weighted by atomic mass is 9.78. The molecule has 0 aliphatic carbocycles. The summed E-state index contributed by atoms with van der Waals surface area (Å²) in [4.78, 5) is 0. The zero-order valence-corrected chi connectivity index (χ0v) is 7.42. The second-order valence-electron chi connectivity index (χ2n) is 3.99. The van der Waals surface area contributed by atoms with E-state index in [4.69, 9.17) is 15.2 Å². The van der Waals surface area contributed by atoms with Gasteiger partial charge in [0, 0.05) is 25.2 Å². The second kappa shape index (κ2) is 3.32. The summed E-state index contributed by atoms with van der Waals surface area (Å²) in [7, 11) is 0. The van der Waals surface area contributed by atoms with Crippen LogP contribution >= 0.6 is 0 Å². The normalized spacial score (nSPS) is 34.2. The van der Waals surface area contributed by atoms with Gasteiger partial charge in [-0.2, -0.15) is 0 Å². The molecule has 0 aromatic rings. The van der Waals surface area contributed by atoms with E-state index in [1.54, 1.807) is 0 Å². The van der Waals surface area contributed by atoms with Gasteiger partial charge in [-0.1, -0.05) is 0 Å². The van der Waals surface area contributed by atoms with Crippen LogP contribution in [0.15, 0.2) is 0 Å². The predicted molar refractivity (Wildman–Crippen MR) is 45.9 cm³/mol. The van der Waals surface area contributed by atoms with Gasteiger partial charge in [0.15, 0.2) is 0 Å². The molecule has 3 nitrogen and oxygen atoms in total. The summed E-state index contributed by atoms with van der Waals surface area (Å²) in [6, 6.07) is 0. The second-order valence-corrected chi connectivity index (χ2v) is 3.99. The van der Waals surface area contributed by atoms with Crippen LogP contribution in [0, 0.1) is 5.41 Å². The lowest BCUT2D eigenvalue weighted by molar-refractivity contribution is 0.00722. The monoisotopic (exact) mass is 171 g/mol. The summed E-state index contributed by atoms with van der Waals surface area (Å²) < 4.78 is 11.0. The fourth-order valence-electron chi connectivity index (χ4n) is 2.20. The molecule has 2 heterocycles. The molecule has 0 radical (unpaired) electrons. The molecule has 1 atom stereocenters. The smallest absolute Gasteiger partial charge is 0.0703 e. The highest BCUT2D eigenvalue weighted by Crippen LogP contribution is 2.40. The molecule has 0 unspecified atom stereocenters. The molecule has 1 spiro atoms. The van der Waals surface area contributed by atoms with E-state index in [1.807, 2.05) is 0 Å². The van der Waals surface area contributed by atoms with Crippen molar-refractivity contribution in [1.82, 2.24) is 0 Å². The maximum absolute atomic E-state index is 5.61. The lowest BCUT2D eigenvalue weighted by Gasteiger charge is -2.31. The van der Waals surface area contributed by atoms with Crippen LogP contribution in [0.1, 0.15) is 19.3 Å². The van der Waals surface area contributed by atoms with Crippen LogP contribution in [0.5, 0.6) is 0 Å². The minimum Gasteiger partial charge on any atom is -0.381 e. The van der Waals surface area contributed by atoms with E-state index >= 15 is 0 Å². The molecule has 0 aromatic carbocycles. The van der Waals surface area contributed by atoms with Crippen molar-refractivity contribution in [3.05, 3.63) is 0 Å². The molecule has 2 N–H and O–H groups in total. The quantitative estimate of drug-likeness (QED) is 0.626. The van der Waals surface area contributed by atoms with Crippen molar-refractivity contribution in [2.24, 2.45) is 11.1 Å². The molecule has 0 saturated carbocycles. The van der Waals surface area contributed by atoms with Gasteiger partial charge in [0.25, 0.3) is 0 Å². The van der Waals surface area contributed by atoms with Gasteiger partial charge in [-0.3, -0.25) is 0 Å².